The molecule has 0 aliphatic heterocycles. The van der Waals surface area contributed by atoms with Gasteiger partial charge in [-0.1, -0.05) is 67.2 Å². The summed E-state index contributed by atoms with van der Waals surface area (Å²) in [7, 11) is 0. The molecule has 2 atom stereocenters. The zero-order chi connectivity index (χ0) is 11.2. The van der Waals surface area contributed by atoms with Crippen LogP contribution in [0.3, 0.4) is 0 Å². The summed E-state index contributed by atoms with van der Waals surface area (Å²) < 4.78 is 0. The van der Waals surface area contributed by atoms with Gasteiger partial charge in [0, 0.05) is 0 Å². The summed E-state index contributed by atoms with van der Waals surface area (Å²) in [5.74, 6) is 1.78. The second kappa shape index (κ2) is 6.48. The van der Waals surface area contributed by atoms with E-state index in [2.05, 4.69) is 41.5 Å². The molecular formula is C14H30. The minimum Gasteiger partial charge on any atom is -0.0654 e. The Morgan fingerprint density at radius 1 is 1.00 bits per heavy atom. The van der Waals surface area contributed by atoms with Crippen LogP contribution in [-0.2, 0) is 0 Å². The number of unbranched alkanes of at least 4 members (excludes halogenated alkanes) is 1. The molecule has 0 amide bonds. The number of hydrogen-bond acceptors (Lipinski definition) is 0. The van der Waals surface area contributed by atoms with Gasteiger partial charge in [0.15, 0.2) is 0 Å². The highest BCUT2D eigenvalue weighted by atomic mass is 14.4. The molecule has 0 aliphatic rings. The molecule has 0 radical (unpaired) electrons. The summed E-state index contributed by atoms with van der Waals surface area (Å²) in [4.78, 5) is 0. The van der Waals surface area contributed by atoms with Crippen LogP contribution in [0.2, 0.25) is 0 Å². The minimum atomic E-state index is 0.542. The normalized spacial score (nSPS) is 16.7. The highest BCUT2D eigenvalue weighted by Crippen LogP contribution is 2.40. The van der Waals surface area contributed by atoms with Gasteiger partial charge in [-0.3, -0.25) is 0 Å². The molecule has 0 N–H and O–H groups in total. The summed E-state index contributed by atoms with van der Waals surface area (Å²) in [5, 5.41) is 0. The predicted octanol–water partition coefficient (Wildman–Crippen LogP) is 5.28. The van der Waals surface area contributed by atoms with Gasteiger partial charge in [0.2, 0.25) is 0 Å². The van der Waals surface area contributed by atoms with E-state index in [1.807, 2.05) is 0 Å². The standard InChI is InChI=1S/C14H30/c1-7-10-11-14(5,6)13(9-3)12(4)8-2/h12-13H,7-11H2,1-6H3. The molecule has 0 spiro atoms. The quantitative estimate of drug-likeness (QED) is 0.522. The lowest BCUT2D eigenvalue weighted by Crippen LogP contribution is -2.28. The molecule has 14 heavy (non-hydrogen) atoms. The Balaban J connectivity index is 4.31. The molecule has 0 rings (SSSR count). The first kappa shape index (κ1) is 14.0. The zero-order valence-corrected chi connectivity index (χ0v) is 11.2. The van der Waals surface area contributed by atoms with E-state index in [-0.39, 0.29) is 0 Å². The first-order chi connectivity index (χ1) is 6.49. The van der Waals surface area contributed by atoms with Gasteiger partial charge in [-0.2, -0.15) is 0 Å². The summed E-state index contributed by atoms with van der Waals surface area (Å²) in [6.45, 7) is 14.3. The van der Waals surface area contributed by atoms with Crippen LogP contribution in [0.25, 0.3) is 0 Å². The molecule has 0 heteroatoms. The van der Waals surface area contributed by atoms with E-state index < -0.39 is 0 Å². The smallest absolute Gasteiger partial charge is 0.0323 e. The third kappa shape index (κ3) is 4.02. The van der Waals surface area contributed by atoms with Crippen LogP contribution in [0.15, 0.2) is 0 Å². The molecule has 0 aromatic heterocycles. The van der Waals surface area contributed by atoms with Crippen LogP contribution >= 0.6 is 0 Å². The average molecular weight is 198 g/mol. The summed E-state index contributed by atoms with van der Waals surface area (Å²) in [6, 6.07) is 0. The Morgan fingerprint density at radius 3 is 1.93 bits per heavy atom. The molecule has 0 aromatic rings. The summed E-state index contributed by atoms with van der Waals surface area (Å²) >= 11 is 0. The molecular weight excluding hydrogens is 168 g/mol. The molecule has 0 heterocycles. The van der Waals surface area contributed by atoms with Crippen molar-refractivity contribution in [1.82, 2.24) is 0 Å². The lowest BCUT2D eigenvalue weighted by atomic mass is 9.68. The number of rotatable bonds is 7. The molecule has 0 bridgehead atoms. The molecule has 0 fully saturated rings. The maximum absolute atomic E-state index is 2.46. The molecule has 0 saturated carbocycles. The fourth-order valence-corrected chi connectivity index (χ4v) is 2.83. The van der Waals surface area contributed by atoms with E-state index in [1.54, 1.807) is 0 Å². The van der Waals surface area contributed by atoms with Gasteiger partial charge in [0.05, 0.1) is 0 Å². The average Bonchev–Trinajstić information content (AvgIpc) is 2.15. The first-order valence-corrected chi connectivity index (χ1v) is 6.49. The fourth-order valence-electron chi connectivity index (χ4n) is 2.83. The maximum Gasteiger partial charge on any atom is -0.0323 e. The first-order valence-electron chi connectivity index (χ1n) is 6.49. The van der Waals surface area contributed by atoms with Crippen molar-refractivity contribution in [3.63, 3.8) is 0 Å². The van der Waals surface area contributed by atoms with Crippen LogP contribution < -0.4 is 0 Å². The van der Waals surface area contributed by atoms with Gasteiger partial charge in [-0.05, 0) is 23.7 Å². The van der Waals surface area contributed by atoms with Gasteiger partial charge in [-0.25, -0.2) is 0 Å². The molecule has 0 aliphatic carbocycles. The van der Waals surface area contributed by atoms with Crippen LogP contribution in [-0.4, -0.2) is 0 Å². The van der Waals surface area contributed by atoms with Crippen molar-refractivity contribution in [1.29, 1.82) is 0 Å². The molecule has 0 nitrogen and oxygen atoms in total. The Bertz CT molecular complexity index is 135. The van der Waals surface area contributed by atoms with Crippen molar-refractivity contribution >= 4 is 0 Å². The lowest BCUT2D eigenvalue weighted by Gasteiger charge is -2.38. The largest absolute Gasteiger partial charge is 0.0654 e. The van der Waals surface area contributed by atoms with Gasteiger partial charge < -0.3 is 0 Å². The molecule has 0 aromatic carbocycles. The zero-order valence-electron chi connectivity index (χ0n) is 11.2. The third-order valence-corrected chi connectivity index (χ3v) is 3.95. The van der Waals surface area contributed by atoms with Gasteiger partial charge >= 0.3 is 0 Å². The van der Waals surface area contributed by atoms with Crippen molar-refractivity contribution in [2.75, 3.05) is 0 Å². The van der Waals surface area contributed by atoms with Crippen LogP contribution in [0.1, 0.15) is 73.6 Å². The topological polar surface area (TPSA) is 0 Å². The van der Waals surface area contributed by atoms with E-state index >= 15 is 0 Å². The van der Waals surface area contributed by atoms with Crippen molar-refractivity contribution in [2.24, 2.45) is 17.3 Å². The second-order valence-electron chi connectivity index (χ2n) is 5.49. The molecule has 86 valence electrons. The Morgan fingerprint density at radius 2 is 1.57 bits per heavy atom. The van der Waals surface area contributed by atoms with E-state index in [4.69, 9.17) is 0 Å². The third-order valence-electron chi connectivity index (χ3n) is 3.95. The Kier molecular flexibility index (Phi) is 6.48. The van der Waals surface area contributed by atoms with E-state index in [0.717, 1.165) is 11.8 Å². The Hall–Kier alpha value is 0. The van der Waals surface area contributed by atoms with Gasteiger partial charge in [-0.15, -0.1) is 0 Å². The second-order valence-corrected chi connectivity index (χ2v) is 5.49. The molecule has 0 saturated heterocycles. The number of hydrogen-bond donors (Lipinski definition) is 0. The summed E-state index contributed by atoms with van der Waals surface area (Å²) in [5.41, 5.74) is 0.542. The van der Waals surface area contributed by atoms with Crippen LogP contribution in [0, 0.1) is 17.3 Å². The van der Waals surface area contributed by atoms with E-state index in [0.29, 0.717) is 5.41 Å². The minimum absolute atomic E-state index is 0.542. The van der Waals surface area contributed by atoms with Crippen LogP contribution in [0.4, 0.5) is 0 Å². The summed E-state index contributed by atoms with van der Waals surface area (Å²) in [6.07, 6.45) is 6.78. The maximum atomic E-state index is 2.46. The SMILES string of the molecule is CCCCC(C)(C)C(CC)C(C)CC. The van der Waals surface area contributed by atoms with Crippen LogP contribution in [0.5, 0.6) is 0 Å². The van der Waals surface area contributed by atoms with Crippen molar-refractivity contribution in [2.45, 2.75) is 73.6 Å². The highest BCUT2D eigenvalue weighted by molar-refractivity contribution is 4.80. The lowest BCUT2D eigenvalue weighted by molar-refractivity contribution is 0.124. The Labute approximate surface area is 91.5 Å². The molecule has 2 unspecified atom stereocenters. The predicted molar refractivity (Wildman–Crippen MR) is 66.5 cm³/mol. The van der Waals surface area contributed by atoms with E-state index in [9.17, 15) is 0 Å². The van der Waals surface area contributed by atoms with Crippen molar-refractivity contribution < 1.29 is 0 Å². The van der Waals surface area contributed by atoms with Gasteiger partial charge in [0.25, 0.3) is 0 Å². The van der Waals surface area contributed by atoms with Crippen molar-refractivity contribution in [3.05, 3.63) is 0 Å². The van der Waals surface area contributed by atoms with E-state index in [1.165, 1.54) is 32.1 Å². The monoisotopic (exact) mass is 198 g/mol. The van der Waals surface area contributed by atoms with Crippen molar-refractivity contribution in [3.8, 4) is 0 Å². The highest BCUT2D eigenvalue weighted by Gasteiger charge is 2.30. The fraction of sp³-hybridized carbons (Fsp3) is 1.00. The van der Waals surface area contributed by atoms with Gasteiger partial charge in [0.1, 0.15) is 0 Å².